The molecule has 19 heavy (non-hydrogen) atoms. The maximum Gasteiger partial charge on any atom is 0.246 e. The summed E-state index contributed by atoms with van der Waals surface area (Å²) in [6, 6.07) is -0.279. The van der Waals surface area contributed by atoms with Gasteiger partial charge in [-0.1, -0.05) is 31.0 Å². The van der Waals surface area contributed by atoms with Gasteiger partial charge in [-0.25, -0.2) is 4.99 Å². The molecule has 1 N–H and O–H groups in total. The van der Waals surface area contributed by atoms with Gasteiger partial charge in [-0.2, -0.15) is 0 Å². The van der Waals surface area contributed by atoms with Gasteiger partial charge in [0.05, 0.1) is 0 Å². The van der Waals surface area contributed by atoms with Gasteiger partial charge in [0.2, 0.25) is 5.91 Å². The predicted octanol–water partition coefficient (Wildman–Crippen LogP) is 2.25. The van der Waals surface area contributed by atoms with Crippen molar-refractivity contribution in [1.29, 1.82) is 0 Å². The average Bonchev–Trinajstić information content (AvgIpc) is 2.80. The van der Waals surface area contributed by atoms with Crippen molar-refractivity contribution in [2.75, 3.05) is 19.3 Å². The number of hydrogen-bond donors (Lipinski definition) is 1. The van der Waals surface area contributed by atoms with Crippen LogP contribution in [0.3, 0.4) is 0 Å². The van der Waals surface area contributed by atoms with Crippen molar-refractivity contribution in [2.45, 2.75) is 57.5 Å². The summed E-state index contributed by atoms with van der Waals surface area (Å²) in [5.74, 6) is 1.21. The second-order valence-corrected chi connectivity index (χ2v) is 6.68. The van der Waals surface area contributed by atoms with Crippen LogP contribution in [0.1, 0.15) is 46.0 Å². The first-order valence-corrected chi connectivity index (χ1v) is 8.29. The number of aliphatic imine (C=N–C) groups is 1. The quantitative estimate of drug-likeness (QED) is 0.864. The number of hydrogen-bond acceptors (Lipinski definition) is 3. The summed E-state index contributed by atoms with van der Waals surface area (Å²) in [4.78, 5) is 18.3. The topological polar surface area (TPSA) is 44.7 Å². The Bertz CT molecular complexity index is 364. The minimum atomic E-state index is -0.279. The highest BCUT2D eigenvalue weighted by Crippen LogP contribution is 2.36. The SMILES string of the molecule is CCN(C)C(=O)C(C)N=C1NC2(CCCCC2)CS1. The van der Waals surface area contributed by atoms with E-state index in [4.69, 9.17) is 0 Å². The minimum absolute atomic E-state index is 0.0991. The summed E-state index contributed by atoms with van der Waals surface area (Å²) in [7, 11) is 1.83. The van der Waals surface area contributed by atoms with Crippen LogP contribution in [0.4, 0.5) is 0 Å². The van der Waals surface area contributed by atoms with Gasteiger partial charge in [-0.15, -0.1) is 0 Å². The Morgan fingerprint density at radius 3 is 2.79 bits per heavy atom. The molecular formula is C14H25N3OS. The van der Waals surface area contributed by atoms with E-state index in [1.807, 2.05) is 20.9 Å². The third-order valence-corrected chi connectivity index (χ3v) is 5.36. The zero-order valence-corrected chi connectivity index (χ0v) is 13.1. The van der Waals surface area contributed by atoms with E-state index in [1.54, 1.807) is 16.7 Å². The number of rotatable bonds is 3. The van der Waals surface area contributed by atoms with E-state index in [1.165, 1.54) is 32.1 Å². The molecule has 4 nitrogen and oxygen atoms in total. The molecule has 1 aliphatic carbocycles. The molecule has 1 spiro atoms. The van der Waals surface area contributed by atoms with E-state index in [2.05, 4.69) is 10.3 Å². The van der Waals surface area contributed by atoms with E-state index < -0.39 is 0 Å². The molecule has 1 aliphatic heterocycles. The highest BCUT2D eigenvalue weighted by atomic mass is 32.2. The number of thioether (sulfide) groups is 1. The molecule has 0 bridgehead atoms. The van der Waals surface area contributed by atoms with Gasteiger partial charge in [0.25, 0.3) is 0 Å². The van der Waals surface area contributed by atoms with Crippen molar-refractivity contribution >= 4 is 22.8 Å². The van der Waals surface area contributed by atoms with Crippen LogP contribution in [0, 0.1) is 0 Å². The Morgan fingerprint density at radius 1 is 1.47 bits per heavy atom. The molecule has 2 fully saturated rings. The maximum absolute atomic E-state index is 12.0. The summed E-state index contributed by atoms with van der Waals surface area (Å²) in [6.07, 6.45) is 6.48. The van der Waals surface area contributed by atoms with E-state index >= 15 is 0 Å². The molecule has 1 saturated heterocycles. The van der Waals surface area contributed by atoms with Crippen LogP contribution < -0.4 is 5.32 Å². The highest BCUT2D eigenvalue weighted by molar-refractivity contribution is 8.14. The van der Waals surface area contributed by atoms with E-state index in [-0.39, 0.29) is 17.5 Å². The standard InChI is InChI=1S/C14H25N3OS/c1-4-17(3)12(18)11(2)15-13-16-14(10-19-13)8-6-5-7-9-14/h11H,4-10H2,1-3H3,(H,15,16). The van der Waals surface area contributed by atoms with Crippen LogP contribution >= 0.6 is 11.8 Å². The van der Waals surface area contributed by atoms with Gasteiger partial charge >= 0.3 is 0 Å². The van der Waals surface area contributed by atoms with Crippen LogP contribution in [0.5, 0.6) is 0 Å². The number of amides is 1. The molecule has 0 aromatic heterocycles. The number of carbonyl (C=O) groups is 1. The second kappa shape index (κ2) is 6.16. The molecule has 0 aromatic carbocycles. The fraction of sp³-hybridized carbons (Fsp3) is 0.857. The third kappa shape index (κ3) is 3.44. The van der Waals surface area contributed by atoms with Gasteiger partial charge < -0.3 is 10.2 Å². The van der Waals surface area contributed by atoms with Gasteiger partial charge in [0.1, 0.15) is 6.04 Å². The minimum Gasteiger partial charge on any atom is -0.359 e. The Morgan fingerprint density at radius 2 is 2.16 bits per heavy atom. The second-order valence-electron chi connectivity index (χ2n) is 5.72. The van der Waals surface area contributed by atoms with Gasteiger partial charge in [-0.3, -0.25) is 4.79 Å². The Labute approximate surface area is 120 Å². The smallest absolute Gasteiger partial charge is 0.246 e. The Balaban J connectivity index is 1.95. The van der Waals surface area contributed by atoms with Crippen molar-refractivity contribution in [3.8, 4) is 0 Å². The largest absolute Gasteiger partial charge is 0.359 e. The summed E-state index contributed by atoms with van der Waals surface area (Å²) in [5.41, 5.74) is 0.265. The number of nitrogens with zero attached hydrogens (tertiary/aromatic N) is 2. The van der Waals surface area contributed by atoms with Crippen molar-refractivity contribution in [3.63, 3.8) is 0 Å². The van der Waals surface area contributed by atoms with Crippen molar-refractivity contribution in [2.24, 2.45) is 4.99 Å². The van der Waals surface area contributed by atoms with E-state index in [0.717, 1.165) is 17.5 Å². The lowest BCUT2D eigenvalue weighted by Crippen LogP contribution is -2.45. The molecule has 0 radical (unpaired) electrons. The van der Waals surface area contributed by atoms with E-state index in [9.17, 15) is 4.79 Å². The van der Waals surface area contributed by atoms with Crippen molar-refractivity contribution < 1.29 is 4.79 Å². The first-order valence-electron chi connectivity index (χ1n) is 7.30. The molecule has 1 saturated carbocycles. The van der Waals surface area contributed by atoms with Crippen LogP contribution in [-0.4, -0.2) is 46.9 Å². The Kier molecular flexibility index (Phi) is 4.76. The summed E-state index contributed by atoms with van der Waals surface area (Å²) in [5, 5.41) is 4.56. The number of likely N-dealkylation sites (N-methyl/N-ethyl adjacent to an activating group) is 1. The summed E-state index contributed by atoms with van der Waals surface area (Å²) >= 11 is 1.78. The van der Waals surface area contributed by atoms with Gasteiger partial charge in [0, 0.05) is 24.9 Å². The number of amidine groups is 1. The van der Waals surface area contributed by atoms with Crippen LogP contribution in [0.2, 0.25) is 0 Å². The first-order chi connectivity index (χ1) is 9.06. The van der Waals surface area contributed by atoms with Crippen LogP contribution in [0.15, 0.2) is 4.99 Å². The molecule has 2 aliphatic rings. The molecule has 0 aromatic rings. The lowest BCUT2D eigenvalue weighted by molar-refractivity contribution is -0.130. The number of nitrogens with one attached hydrogen (secondary N) is 1. The zero-order chi connectivity index (χ0) is 13.9. The first kappa shape index (κ1) is 14.7. The molecule has 5 heteroatoms. The normalized spacial score (nSPS) is 25.3. The molecule has 2 rings (SSSR count). The van der Waals surface area contributed by atoms with E-state index in [0.29, 0.717) is 0 Å². The van der Waals surface area contributed by atoms with Gasteiger partial charge in [-0.05, 0) is 26.7 Å². The van der Waals surface area contributed by atoms with Crippen molar-refractivity contribution in [3.05, 3.63) is 0 Å². The monoisotopic (exact) mass is 283 g/mol. The van der Waals surface area contributed by atoms with Crippen molar-refractivity contribution in [1.82, 2.24) is 10.2 Å². The fourth-order valence-corrected chi connectivity index (χ4v) is 4.07. The molecular weight excluding hydrogens is 258 g/mol. The Hall–Kier alpha value is -0.710. The highest BCUT2D eigenvalue weighted by Gasteiger charge is 2.38. The number of carbonyl (C=O) groups excluding carboxylic acids is 1. The maximum atomic E-state index is 12.0. The third-order valence-electron chi connectivity index (χ3n) is 4.19. The molecule has 1 unspecified atom stereocenters. The summed E-state index contributed by atoms with van der Waals surface area (Å²) in [6.45, 7) is 4.60. The molecule has 108 valence electrons. The zero-order valence-electron chi connectivity index (χ0n) is 12.2. The van der Waals surface area contributed by atoms with Crippen LogP contribution in [-0.2, 0) is 4.79 Å². The lowest BCUT2D eigenvalue weighted by Gasteiger charge is -2.32. The van der Waals surface area contributed by atoms with Gasteiger partial charge in [0.15, 0.2) is 5.17 Å². The van der Waals surface area contributed by atoms with Crippen LogP contribution in [0.25, 0.3) is 0 Å². The fourth-order valence-electron chi connectivity index (χ4n) is 2.78. The lowest BCUT2D eigenvalue weighted by atomic mass is 9.83. The average molecular weight is 283 g/mol. The molecule has 1 amide bonds. The molecule has 1 atom stereocenters. The molecule has 1 heterocycles. The summed E-state index contributed by atoms with van der Waals surface area (Å²) < 4.78 is 0. The predicted molar refractivity (Wildman–Crippen MR) is 81.6 cm³/mol.